The van der Waals surface area contributed by atoms with Crippen LogP contribution in [0.5, 0.6) is 17.2 Å². The molecule has 0 aliphatic carbocycles. The summed E-state index contributed by atoms with van der Waals surface area (Å²) >= 11 is 15.4. The van der Waals surface area contributed by atoms with Gasteiger partial charge in [0.15, 0.2) is 11.5 Å². The van der Waals surface area contributed by atoms with Crippen LogP contribution in [0.4, 0.5) is 10.5 Å². The second-order valence-electron chi connectivity index (χ2n) is 9.55. The van der Waals surface area contributed by atoms with Crippen LogP contribution in [0, 0.1) is 0 Å². The zero-order valence-corrected chi connectivity index (χ0v) is 26.4. The van der Waals surface area contributed by atoms with E-state index >= 15 is 0 Å². The van der Waals surface area contributed by atoms with Crippen molar-refractivity contribution < 1.29 is 28.6 Å². The van der Waals surface area contributed by atoms with Crippen molar-refractivity contribution in [3.8, 4) is 17.2 Å². The van der Waals surface area contributed by atoms with E-state index < -0.39 is 17.8 Å². The third-order valence-electron chi connectivity index (χ3n) is 6.45. The van der Waals surface area contributed by atoms with Gasteiger partial charge in [-0.1, -0.05) is 47.5 Å². The summed E-state index contributed by atoms with van der Waals surface area (Å²) in [5.74, 6) is -0.179. The maximum Gasteiger partial charge on any atom is 0.335 e. The Kier molecular flexibility index (Phi) is 9.89. The second kappa shape index (κ2) is 14.0. The molecule has 1 saturated heterocycles. The van der Waals surface area contributed by atoms with Crippen LogP contribution in [-0.2, 0) is 22.8 Å². The van der Waals surface area contributed by atoms with Gasteiger partial charge in [0, 0.05) is 10.0 Å². The number of barbiturate groups is 1. The predicted molar refractivity (Wildman–Crippen MR) is 172 cm³/mol. The average molecular weight is 696 g/mol. The molecule has 0 aromatic heterocycles. The number of benzene rings is 4. The minimum absolute atomic E-state index is 0.225. The van der Waals surface area contributed by atoms with Crippen molar-refractivity contribution >= 4 is 68.7 Å². The molecule has 0 unspecified atom stereocenters. The summed E-state index contributed by atoms with van der Waals surface area (Å²) in [5.41, 5.74) is 2.37. The molecular formula is C33H25BrCl2N2O6. The number of carbonyl (C=O) groups excluding carboxylic acids is 3. The average Bonchev–Trinajstić information content (AvgIpc) is 3.00. The van der Waals surface area contributed by atoms with Crippen molar-refractivity contribution in [3.63, 3.8) is 0 Å². The first-order valence-electron chi connectivity index (χ1n) is 13.4. The van der Waals surface area contributed by atoms with Gasteiger partial charge in [0.05, 0.1) is 16.8 Å². The number of imide groups is 2. The van der Waals surface area contributed by atoms with Gasteiger partial charge in [0.25, 0.3) is 11.8 Å². The highest BCUT2D eigenvalue weighted by Gasteiger charge is 2.37. The lowest BCUT2D eigenvalue weighted by atomic mass is 10.1. The van der Waals surface area contributed by atoms with Gasteiger partial charge in [0.1, 0.15) is 24.5 Å². The number of hydrogen-bond acceptors (Lipinski definition) is 6. The minimum atomic E-state index is -0.853. The van der Waals surface area contributed by atoms with E-state index in [0.717, 1.165) is 16.0 Å². The van der Waals surface area contributed by atoms with E-state index in [-0.39, 0.29) is 17.9 Å². The van der Waals surface area contributed by atoms with Crippen molar-refractivity contribution in [1.29, 1.82) is 0 Å². The first-order chi connectivity index (χ1) is 21.2. The largest absolute Gasteiger partial charge is 0.490 e. The molecule has 44 heavy (non-hydrogen) atoms. The van der Waals surface area contributed by atoms with E-state index in [0.29, 0.717) is 50.5 Å². The summed E-state index contributed by atoms with van der Waals surface area (Å²) in [6, 6.07) is 23.5. The second-order valence-corrected chi connectivity index (χ2v) is 11.3. The van der Waals surface area contributed by atoms with Gasteiger partial charge >= 0.3 is 6.03 Å². The molecule has 0 saturated carbocycles. The van der Waals surface area contributed by atoms with E-state index in [4.69, 9.17) is 37.4 Å². The normalized spacial score (nSPS) is 14.0. The number of amides is 4. The van der Waals surface area contributed by atoms with Gasteiger partial charge in [-0.05, 0) is 106 Å². The molecule has 224 valence electrons. The van der Waals surface area contributed by atoms with Gasteiger partial charge in [-0.3, -0.25) is 14.9 Å². The van der Waals surface area contributed by atoms with Crippen LogP contribution >= 0.6 is 39.1 Å². The van der Waals surface area contributed by atoms with Crippen LogP contribution in [0.3, 0.4) is 0 Å². The Morgan fingerprint density at radius 1 is 0.795 bits per heavy atom. The van der Waals surface area contributed by atoms with Gasteiger partial charge in [-0.25, -0.2) is 9.69 Å². The molecule has 4 amide bonds. The highest BCUT2D eigenvalue weighted by atomic mass is 79.9. The van der Waals surface area contributed by atoms with Crippen molar-refractivity contribution in [3.05, 3.63) is 122 Å². The van der Waals surface area contributed by atoms with Crippen molar-refractivity contribution in [2.75, 3.05) is 11.5 Å². The van der Waals surface area contributed by atoms with E-state index in [2.05, 4.69) is 21.2 Å². The molecule has 1 aliphatic heterocycles. The number of hydrogen-bond donors (Lipinski definition) is 1. The van der Waals surface area contributed by atoms with Crippen LogP contribution in [0.15, 0.2) is 95.0 Å². The molecule has 11 heteroatoms. The minimum Gasteiger partial charge on any atom is -0.490 e. The molecule has 8 nitrogen and oxygen atoms in total. The van der Waals surface area contributed by atoms with E-state index in [1.807, 2.05) is 31.2 Å². The first kappa shape index (κ1) is 31.1. The van der Waals surface area contributed by atoms with Crippen molar-refractivity contribution in [1.82, 2.24) is 5.32 Å². The number of rotatable bonds is 10. The first-order valence-corrected chi connectivity index (χ1v) is 15.0. The molecule has 5 rings (SSSR count). The van der Waals surface area contributed by atoms with Crippen LogP contribution in [0.1, 0.15) is 23.6 Å². The fourth-order valence-electron chi connectivity index (χ4n) is 4.31. The highest BCUT2D eigenvalue weighted by molar-refractivity contribution is 9.10. The van der Waals surface area contributed by atoms with Crippen LogP contribution < -0.4 is 24.4 Å². The molecular weight excluding hydrogens is 671 g/mol. The summed E-state index contributed by atoms with van der Waals surface area (Å²) in [4.78, 5) is 39.9. The maximum atomic E-state index is 13.5. The number of nitrogens with zero attached hydrogens (tertiary/aromatic N) is 1. The Hall–Kier alpha value is -4.31. The number of carbonyl (C=O) groups is 3. The van der Waals surface area contributed by atoms with Crippen LogP contribution in [0.25, 0.3) is 6.08 Å². The lowest BCUT2D eigenvalue weighted by molar-refractivity contribution is -0.122. The molecule has 1 aliphatic rings. The Labute approximate surface area is 272 Å². The summed E-state index contributed by atoms with van der Waals surface area (Å²) < 4.78 is 18.2. The molecule has 1 fully saturated rings. The van der Waals surface area contributed by atoms with Crippen molar-refractivity contribution in [2.24, 2.45) is 0 Å². The van der Waals surface area contributed by atoms with Gasteiger partial charge < -0.3 is 14.2 Å². The molecule has 1 heterocycles. The fourth-order valence-corrected chi connectivity index (χ4v) is 5.13. The molecule has 4 aromatic carbocycles. The standard InChI is InChI=1S/C33H25BrCl2N2O6/c1-2-42-29-17-22(16-28(34)30(29)44-19-21-5-9-24(36)10-6-21)15-27-31(39)37-33(41)38(32(27)40)25-11-13-26(14-12-25)43-18-20-3-7-23(35)8-4-20/h3-17H,2,18-19H2,1H3,(H,37,39,41)/b27-15+. The van der Waals surface area contributed by atoms with Crippen LogP contribution in [-0.4, -0.2) is 24.5 Å². The lowest BCUT2D eigenvalue weighted by Crippen LogP contribution is -2.54. The van der Waals surface area contributed by atoms with Gasteiger partial charge in [-0.2, -0.15) is 0 Å². The predicted octanol–water partition coefficient (Wildman–Crippen LogP) is 7.98. The number of halogens is 3. The third-order valence-corrected chi connectivity index (χ3v) is 7.55. The maximum absolute atomic E-state index is 13.5. The Morgan fingerprint density at radius 3 is 1.98 bits per heavy atom. The molecule has 0 spiro atoms. The van der Waals surface area contributed by atoms with E-state index in [1.165, 1.54) is 6.08 Å². The molecule has 0 atom stereocenters. The van der Waals surface area contributed by atoms with Crippen LogP contribution in [0.2, 0.25) is 10.0 Å². The Bertz CT molecular complexity index is 1730. The number of urea groups is 1. The summed E-state index contributed by atoms with van der Waals surface area (Å²) in [7, 11) is 0. The topological polar surface area (TPSA) is 94.2 Å². The highest BCUT2D eigenvalue weighted by Crippen LogP contribution is 2.38. The zero-order valence-electron chi connectivity index (χ0n) is 23.3. The Morgan fingerprint density at radius 2 is 1.39 bits per heavy atom. The third kappa shape index (κ3) is 7.42. The summed E-state index contributed by atoms with van der Waals surface area (Å²) in [6.45, 7) is 2.76. The molecule has 0 bridgehead atoms. The molecule has 0 radical (unpaired) electrons. The summed E-state index contributed by atoms with van der Waals surface area (Å²) in [5, 5.41) is 3.50. The lowest BCUT2D eigenvalue weighted by Gasteiger charge is -2.26. The summed E-state index contributed by atoms with van der Waals surface area (Å²) in [6.07, 6.45) is 1.40. The van der Waals surface area contributed by atoms with E-state index in [9.17, 15) is 14.4 Å². The van der Waals surface area contributed by atoms with Gasteiger partial charge in [0.2, 0.25) is 0 Å². The number of ether oxygens (including phenoxy) is 3. The monoisotopic (exact) mass is 694 g/mol. The quantitative estimate of drug-likeness (QED) is 0.134. The fraction of sp³-hybridized carbons (Fsp3) is 0.121. The number of anilines is 1. The SMILES string of the molecule is CCOc1cc(/C=C2\C(=O)NC(=O)N(c3ccc(OCc4ccc(Cl)cc4)cc3)C2=O)cc(Br)c1OCc1ccc(Cl)cc1. The smallest absolute Gasteiger partial charge is 0.335 e. The molecule has 1 N–H and O–H groups in total. The zero-order chi connectivity index (χ0) is 31.2. The Balaban J connectivity index is 1.35. The number of nitrogens with one attached hydrogen (secondary N) is 1. The molecule has 4 aromatic rings. The van der Waals surface area contributed by atoms with E-state index in [1.54, 1.807) is 60.7 Å². The van der Waals surface area contributed by atoms with Crippen molar-refractivity contribution in [2.45, 2.75) is 20.1 Å². The van der Waals surface area contributed by atoms with Gasteiger partial charge in [-0.15, -0.1) is 0 Å².